The van der Waals surface area contributed by atoms with E-state index in [4.69, 9.17) is 14.7 Å². The third-order valence-corrected chi connectivity index (χ3v) is 3.35. The lowest BCUT2D eigenvalue weighted by Gasteiger charge is -2.32. The van der Waals surface area contributed by atoms with Crippen LogP contribution < -0.4 is 0 Å². The molecule has 0 bridgehead atoms. The molecule has 0 radical (unpaired) electrons. The first-order valence-corrected chi connectivity index (χ1v) is 6.48. The van der Waals surface area contributed by atoms with Gasteiger partial charge in [0.25, 0.3) is 5.91 Å². The maximum Gasteiger partial charge on any atom is 0.353 e. The van der Waals surface area contributed by atoms with Crippen molar-refractivity contribution < 1.29 is 24.3 Å². The number of aliphatic carboxylic acids is 1. The Bertz CT molecular complexity index is 388. The maximum absolute atomic E-state index is 12.1. The molecule has 1 amide bonds. The van der Waals surface area contributed by atoms with E-state index in [1.54, 1.807) is 4.90 Å². The zero-order chi connectivity index (χ0) is 13.8. The number of hydrogen-bond acceptors (Lipinski definition) is 5. The Balaban J connectivity index is 1.81. The molecule has 2 rings (SSSR count). The van der Waals surface area contributed by atoms with Crippen molar-refractivity contribution in [3.8, 4) is 0 Å². The van der Waals surface area contributed by atoms with E-state index in [1.807, 2.05) is 6.92 Å². The molecule has 0 saturated carbocycles. The second-order valence-electron chi connectivity index (χ2n) is 4.62. The lowest BCUT2D eigenvalue weighted by atomic mass is 10.1. The van der Waals surface area contributed by atoms with Crippen molar-refractivity contribution in [2.24, 2.45) is 5.16 Å². The summed E-state index contributed by atoms with van der Waals surface area (Å²) in [4.78, 5) is 29.4. The SMILES string of the molecule is CCOC1CCN(C(=O)C2CC(C(=O)O)=NO2)CC1. The van der Waals surface area contributed by atoms with Crippen molar-refractivity contribution in [2.45, 2.75) is 38.4 Å². The van der Waals surface area contributed by atoms with Gasteiger partial charge in [-0.15, -0.1) is 0 Å². The van der Waals surface area contributed by atoms with Gasteiger partial charge in [0.2, 0.25) is 6.10 Å². The molecule has 106 valence electrons. The molecule has 0 aromatic heterocycles. The Morgan fingerprint density at radius 1 is 1.47 bits per heavy atom. The molecule has 7 nitrogen and oxygen atoms in total. The lowest BCUT2D eigenvalue weighted by Crippen LogP contribution is -2.45. The normalized spacial score (nSPS) is 23.9. The van der Waals surface area contributed by atoms with Crippen LogP contribution >= 0.6 is 0 Å². The summed E-state index contributed by atoms with van der Waals surface area (Å²) in [6.45, 7) is 3.87. The number of carbonyl (C=O) groups is 2. The molecular formula is C12H18N2O5. The number of piperidine rings is 1. The van der Waals surface area contributed by atoms with Gasteiger partial charge in [-0.1, -0.05) is 5.16 Å². The molecule has 1 atom stereocenters. The summed E-state index contributed by atoms with van der Waals surface area (Å²) < 4.78 is 5.52. The van der Waals surface area contributed by atoms with E-state index in [0.29, 0.717) is 19.7 Å². The Hall–Kier alpha value is -1.63. The van der Waals surface area contributed by atoms with Crippen LogP contribution in [0.5, 0.6) is 0 Å². The van der Waals surface area contributed by atoms with Gasteiger partial charge in [0, 0.05) is 26.1 Å². The molecule has 0 aliphatic carbocycles. The van der Waals surface area contributed by atoms with Gasteiger partial charge in [-0.05, 0) is 19.8 Å². The van der Waals surface area contributed by atoms with Gasteiger partial charge in [-0.25, -0.2) is 4.79 Å². The number of carboxylic acids is 1. The first-order chi connectivity index (χ1) is 9.11. The third kappa shape index (κ3) is 3.23. The zero-order valence-electron chi connectivity index (χ0n) is 10.9. The fraction of sp³-hybridized carbons (Fsp3) is 0.750. The largest absolute Gasteiger partial charge is 0.477 e. The topological polar surface area (TPSA) is 88.4 Å². The average Bonchev–Trinajstić information content (AvgIpc) is 2.89. The fourth-order valence-corrected chi connectivity index (χ4v) is 2.32. The average molecular weight is 270 g/mol. The summed E-state index contributed by atoms with van der Waals surface area (Å²) in [6.07, 6.45) is 1.08. The van der Waals surface area contributed by atoms with Gasteiger partial charge in [-0.2, -0.15) is 0 Å². The summed E-state index contributed by atoms with van der Waals surface area (Å²) >= 11 is 0. The monoisotopic (exact) mass is 270 g/mol. The van der Waals surface area contributed by atoms with E-state index in [-0.39, 0.29) is 24.1 Å². The minimum Gasteiger partial charge on any atom is -0.477 e. The van der Waals surface area contributed by atoms with Crippen LogP contribution in [0.25, 0.3) is 0 Å². The highest BCUT2D eigenvalue weighted by atomic mass is 16.6. The van der Waals surface area contributed by atoms with Crippen LogP contribution in [0.2, 0.25) is 0 Å². The van der Waals surface area contributed by atoms with Crippen LogP contribution in [-0.2, 0) is 19.2 Å². The number of hydrogen-bond donors (Lipinski definition) is 1. The number of carboxylic acid groups (broad SMARTS) is 1. The Kier molecular flexibility index (Phi) is 4.36. The van der Waals surface area contributed by atoms with Gasteiger partial charge in [0.05, 0.1) is 6.10 Å². The molecule has 1 N–H and O–H groups in total. The minimum absolute atomic E-state index is 0.0412. The predicted molar refractivity (Wildman–Crippen MR) is 65.8 cm³/mol. The summed E-state index contributed by atoms with van der Waals surface area (Å²) in [5, 5.41) is 12.2. The van der Waals surface area contributed by atoms with Gasteiger partial charge < -0.3 is 19.6 Å². The minimum atomic E-state index is -1.13. The van der Waals surface area contributed by atoms with Crippen LogP contribution in [0.3, 0.4) is 0 Å². The number of oxime groups is 1. The van der Waals surface area contributed by atoms with Crippen molar-refractivity contribution in [1.82, 2.24) is 4.90 Å². The standard InChI is InChI=1S/C12H18N2O5/c1-2-18-8-3-5-14(6-4-8)11(15)10-7-9(12(16)17)13-19-10/h8,10H,2-7H2,1H3,(H,16,17). The molecule has 2 aliphatic rings. The molecule has 2 heterocycles. The van der Waals surface area contributed by atoms with Crippen molar-refractivity contribution in [3.05, 3.63) is 0 Å². The second-order valence-corrected chi connectivity index (χ2v) is 4.62. The van der Waals surface area contributed by atoms with Crippen LogP contribution in [0.15, 0.2) is 5.16 Å². The summed E-state index contributed by atoms with van der Waals surface area (Å²) in [6, 6.07) is 0. The quantitative estimate of drug-likeness (QED) is 0.790. The van der Waals surface area contributed by atoms with Crippen LogP contribution in [0.1, 0.15) is 26.2 Å². The van der Waals surface area contributed by atoms with E-state index >= 15 is 0 Å². The van der Waals surface area contributed by atoms with E-state index in [2.05, 4.69) is 5.16 Å². The van der Waals surface area contributed by atoms with E-state index in [1.165, 1.54) is 0 Å². The molecular weight excluding hydrogens is 252 g/mol. The van der Waals surface area contributed by atoms with Gasteiger partial charge >= 0.3 is 5.97 Å². The van der Waals surface area contributed by atoms with Crippen LogP contribution in [0, 0.1) is 0 Å². The number of nitrogens with zero attached hydrogens (tertiary/aromatic N) is 2. The molecule has 1 unspecified atom stereocenters. The first-order valence-electron chi connectivity index (χ1n) is 6.48. The van der Waals surface area contributed by atoms with E-state index < -0.39 is 12.1 Å². The van der Waals surface area contributed by atoms with Crippen LogP contribution in [0.4, 0.5) is 0 Å². The van der Waals surface area contributed by atoms with Crippen molar-refractivity contribution in [1.29, 1.82) is 0 Å². The zero-order valence-corrected chi connectivity index (χ0v) is 10.9. The number of amides is 1. The molecule has 0 aromatic rings. The number of rotatable bonds is 4. The summed E-state index contributed by atoms with van der Waals surface area (Å²) in [7, 11) is 0. The Morgan fingerprint density at radius 2 is 2.16 bits per heavy atom. The number of likely N-dealkylation sites (tertiary alicyclic amines) is 1. The lowest BCUT2D eigenvalue weighted by molar-refractivity contribution is -0.144. The van der Waals surface area contributed by atoms with Crippen molar-refractivity contribution in [3.63, 3.8) is 0 Å². The highest BCUT2D eigenvalue weighted by Crippen LogP contribution is 2.18. The third-order valence-electron chi connectivity index (χ3n) is 3.35. The predicted octanol–water partition coefficient (Wildman–Crippen LogP) is 0.243. The maximum atomic E-state index is 12.1. The summed E-state index contributed by atoms with van der Waals surface area (Å²) in [5.74, 6) is -1.32. The number of carbonyl (C=O) groups excluding carboxylic acids is 1. The summed E-state index contributed by atoms with van der Waals surface area (Å²) in [5.41, 5.74) is -0.0949. The highest BCUT2D eigenvalue weighted by Gasteiger charge is 2.35. The van der Waals surface area contributed by atoms with Crippen molar-refractivity contribution in [2.75, 3.05) is 19.7 Å². The molecule has 7 heteroatoms. The molecule has 2 aliphatic heterocycles. The Morgan fingerprint density at radius 3 is 2.68 bits per heavy atom. The van der Waals surface area contributed by atoms with Crippen LogP contribution in [-0.4, -0.2) is 59.5 Å². The first kappa shape index (κ1) is 13.8. The van der Waals surface area contributed by atoms with Gasteiger partial charge in [0.15, 0.2) is 5.71 Å². The molecule has 0 aromatic carbocycles. The van der Waals surface area contributed by atoms with E-state index in [9.17, 15) is 9.59 Å². The fourth-order valence-electron chi connectivity index (χ4n) is 2.32. The van der Waals surface area contributed by atoms with Gasteiger partial charge in [0.1, 0.15) is 0 Å². The molecule has 19 heavy (non-hydrogen) atoms. The molecule has 1 fully saturated rings. The highest BCUT2D eigenvalue weighted by molar-refractivity contribution is 6.36. The smallest absolute Gasteiger partial charge is 0.353 e. The molecule has 1 saturated heterocycles. The number of ether oxygens (including phenoxy) is 1. The van der Waals surface area contributed by atoms with Gasteiger partial charge in [-0.3, -0.25) is 4.79 Å². The molecule has 0 spiro atoms. The Labute approximate surface area is 111 Å². The second kappa shape index (κ2) is 6.01. The van der Waals surface area contributed by atoms with Crippen molar-refractivity contribution >= 4 is 17.6 Å². The van der Waals surface area contributed by atoms with E-state index in [0.717, 1.165) is 12.8 Å².